The van der Waals surface area contributed by atoms with Gasteiger partial charge in [0.15, 0.2) is 0 Å². The number of hydrogen-bond donors (Lipinski definition) is 2. The molecule has 47 heavy (non-hydrogen) atoms. The molecule has 1 unspecified atom stereocenters. The number of para-hydroxylation sites is 2. The largest absolute Gasteiger partial charge is 0.321 e. The maximum absolute atomic E-state index is 14.2. The van der Waals surface area contributed by atoms with E-state index in [1.54, 1.807) is 72.4 Å². The maximum atomic E-state index is 14.2. The van der Waals surface area contributed by atoms with E-state index in [0.29, 0.717) is 28.3 Å². The third-order valence-corrected chi connectivity index (χ3v) is 10.1. The Kier molecular flexibility index (Phi) is 10.1. The highest BCUT2D eigenvalue weighted by atomic mass is 35.5. The molecule has 6 nitrogen and oxygen atoms in total. The van der Waals surface area contributed by atoms with Crippen LogP contribution in [-0.4, -0.2) is 23.0 Å². The summed E-state index contributed by atoms with van der Waals surface area (Å²) in [6.45, 7) is 2.00. The number of amides is 3. The number of halogens is 1. The average molecular weight is 676 g/mol. The highest BCUT2D eigenvalue weighted by Gasteiger charge is 2.32. The standard InChI is InChI=1S/C38H30ClN3O3S2/c1-2-33(38(45)42-31-18-6-8-20-34(31)47-35-21-9-7-19-32(35)42)46-29-17-11-16-28(24-29)40-37(44)30(23-25-12-10-15-27(39)22-25)41-36(43)26-13-4-3-5-14-26/h3-24,33H,2H2,1H3,(H,40,44)(H,41,43)/b30-23-. The van der Waals surface area contributed by atoms with E-state index in [-0.39, 0.29) is 16.9 Å². The number of rotatable bonds is 9. The Morgan fingerprint density at radius 3 is 2.15 bits per heavy atom. The summed E-state index contributed by atoms with van der Waals surface area (Å²) in [5.41, 5.74) is 3.41. The predicted molar refractivity (Wildman–Crippen MR) is 192 cm³/mol. The van der Waals surface area contributed by atoms with E-state index < -0.39 is 11.8 Å². The van der Waals surface area contributed by atoms with Gasteiger partial charge in [0.05, 0.1) is 16.6 Å². The van der Waals surface area contributed by atoms with Gasteiger partial charge >= 0.3 is 0 Å². The Bertz CT molecular complexity index is 1940. The molecule has 0 fully saturated rings. The number of hydrogen-bond acceptors (Lipinski definition) is 5. The smallest absolute Gasteiger partial charge is 0.272 e. The summed E-state index contributed by atoms with van der Waals surface area (Å²) in [7, 11) is 0. The predicted octanol–water partition coefficient (Wildman–Crippen LogP) is 9.45. The molecule has 0 saturated heterocycles. The van der Waals surface area contributed by atoms with Gasteiger partial charge in [-0.2, -0.15) is 0 Å². The van der Waals surface area contributed by atoms with Gasteiger partial charge in [0.1, 0.15) is 5.70 Å². The zero-order chi connectivity index (χ0) is 32.8. The Morgan fingerprint density at radius 2 is 1.47 bits per heavy atom. The van der Waals surface area contributed by atoms with E-state index in [2.05, 4.69) is 10.6 Å². The van der Waals surface area contributed by atoms with Gasteiger partial charge < -0.3 is 10.6 Å². The molecule has 0 bridgehead atoms. The minimum atomic E-state index is -0.501. The van der Waals surface area contributed by atoms with Crippen molar-refractivity contribution >= 4 is 76.0 Å². The summed E-state index contributed by atoms with van der Waals surface area (Å²) in [5.74, 6) is -0.928. The highest BCUT2D eigenvalue weighted by Crippen LogP contribution is 2.49. The van der Waals surface area contributed by atoms with E-state index in [4.69, 9.17) is 11.6 Å². The molecule has 0 spiro atoms. The summed E-state index contributed by atoms with van der Waals surface area (Å²) in [6.07, 6.45) is 2.19. The Labute approximate surface area is 287 Å². The van der Waals surface area contributed by atoms with Crippen LogP contribution in [0.15, 0.2) is 148 Å². The van der Waals surface area contributed by atoms with E-state index in [1.807, 2.05) is 84.6 Å². The quantitative estimate of drug-likeness (QED) is 0.120. The van der Waals surface area contributed by atoms with Crippen LogP contribution < -0.4 is 15.5 Å². The van der Waals surface area contributed by atoms with Gasteiger partial charge in [-0.05, 0) is 84.8 Å². The van der Waals surface area contributed by atoms with Crippen LogP contribution in [-0.2, 0) is 9.59 Å². The normalized spacial score (nSPS) is 12.8. The molecule has 1 aliphatic heterocycles. The van der Waals surface area contributed by atoms with Crippen LogP contribution in [0.25, 0.3) is 6.08 Å². The first-order valence-electron chi connectivity index (χ1n) is 15.0. The fourth-order valence-corrected chi connectivity index (χ4v) is 7.42. The van der Waals surface area contributed by atoms with Gasteiger partial charge in [0, 0.05) is 31.0 Å². The first-order valence-corrected chi connectivity index (χ1v) is 17.1. The summed E-state index contributed by atoms with van der Waals surface area (Å²) < 4.78 is 0. The van der Waals surface area contributed by atoms with Crippen molar-refractivity contribution < 1.29 is 14.4 Å². The molecule has 9 heteroatoms. The minimum Gasteiger partial charge on any atom is -0.321 e. The van der Waals surface area contributed by atoms with E-state index in [1.165, 1.54) is 11.8 Å². The Hall–Kier alpha value is -4.76. The molecule has 1 atom stereocenters. The molecule has 0 radical (unpaired) electrons. The number of nitrogens with zero attached hydrogens (tertiary/aromatic N) is 1. The third kappa shape index (κ3) is 7.63. The van der Waals surface area contributed by atoms with Crippen molar-refractivity contribution in [2.24, 2.45) is 0 Å². The first kappa shape index (κ1) is 32.2. The van der Waals surface area contributed by atoms with Crippen LogP contribution in [0.5, 0.6) is 0 Å². The molecule has 6 rings (SSSR count). The number of fused-ring (bicyclic) bond motifs is 2. The van der Waals surface area contributed by atoms with E-state index in [9.17, 15) is 14.4 Å². The summed E-state index contributed by atoms with van der Waals surface area (Å²) in [6, 6.07) is 39.0. The van der Waals surface area contributed by atoms with Crippen LogP contribution in [0.3, 0.4) is 0 Å². The van der Waals surface area contributed by atoms with Gasteiger partial charge in [0.25, 0.3) is 11.8 Å². The molecule has 1 aliphatic rings. The second-order valence-corrected chi connectivity index (χ2v) is 13.4. The van der Waals surface area contributed by atoms with Crippen molar-refractivity contribution in [2.75, 3.05) is 10.2 Å². The lowest BCUT2D eigenvalue weighted by atomic mass is 10.1. The van der Waals surface area contributed by atoms with Gasteiger partial charge in [-0.1, -0.05) is 91.0 Å². The van der Waals surface area contributed by atoms with Crippen molar-refractivity contribution in [3.63, 3.8) is 0 Å². The lowest BCUT2D eigenvalue weighted by Gasteiger charge is -2.33. The maximum Gasteiger partial charge on any atom is 0.272 e. The number of carbonyl (C=O) groups excluding carboxylic acids is 3. The average Bonchev–Trinajstić information content (AvgIpc) is 3.09. The van der Waals surface area contributed by atoms with Gasteiger partial charge in [-0.15, -0.1) is 11.8 Å². The fourth-order valence-electron chi connectivity index (χ4n) is 5.11. The number of nitrogens with one attached hydrogen (secondary N) is 2. The Balaban J connectivity index is 1.23. The van der Waals surface area contributed by atoms with Crippen molar-refractivity contribution in [2.45, 2.75) is 33.3 Å². The zero-order valence-electron chi connectivity index (χ0n) is 25.4. The molecule has 0 aliphatic carbocycles. The number of benzene rings is 5. The second kappa shape index (κ2) is 14.8. The monoisotopic (exact) mass is 675 g/mol. The SMILES string of the molecule is CCC(Sc1cccc(NC(=O)/C(=C/c2cccc(Cl)c2)NC(=O)c2ccccc2)c1)C(=O)N1c2ccccc2Sc2ccccc21. The molecule has 5 aromatic rings. The molecule has 0 saturated carbocycles. The number of anilines is 3. The third-order valence-electron chi connectivity index (χ3n) is 7.36. The molecule has 234 valence electrons. The van der Waals surface area contributed by atoms with Crippen LogP contribution in [0, 0.1) is 0 Å². The minimum absolute atomic E-state index is 0.0116. The topological polar surface area (TPSA) is 78.5 Å². The van der Waals surface area contributed by atoms with Gasteiger partial charge in [-0.3, -0.25) is 19.3 Å². The van der Waals surface area contributed by atoms with Gasteiger partial charge in [0.2, 0.25) is 5.91 Å². The summed E-state index contributed by atoms with van der Waals surface area (Å²) >= 11 is 9.30. The lowest BCUT2D eigenvalue weighted by Crippen LogP contribution is -2.35. The van der Waals surface area contributed by atoms with Crippen molar-refractivity contribution in [1.29, 1.82) is 0 Å². The molecular formula is C38H30ClN3O3S2. The van der Waals surface area contributed by atoms with Crippen LogP contribution >= 0.6 is 35.1 Å². The molecule has 3 amide bonds. The van der Waals surface area contributed by atoms with Crippen LogP contribution in [0.4, 0.5) is 17.1 Å². The fraction of sp³-hybridized carbons (Fsp3) is 0.0789. The number of carbonyl (C=O) groups is 3. The lowest BCUT2D eigenvalue weighted by molar-refractivity contribution is -0.117. The second-order valence-electron chi connectivity index (χ2n) is 10.6. The molecule has 1 heterocycles. The Morgan fingerprint density at radius 1 is 0.809 bits per heavy atom. The van der Waals surface area contributed by atoms with Crippen LogP contribution in [0.2, 0.25) is 5.02 Å². The first-order chi connectivity index (χ1) is 22.9. The zero-order valence-corrected chi connectivity index (χ0v) is 27.7. The van der Waals surface area contributed by atoms with Crippen molar-refractivity contribution in [3.8, 4) is 0 Å². The molecule has 0 aromatic heterocycles. The summed E-state index contributed by atoms with van der Waals surface area (Å²) in [4.78, 5) is 45.6. The van der Waals surface area contributed by atoms with Crippen molar-refractivity contribution in [3.05, 3.63) is 149 Å². The van der Waals surface area contributed by atoms with Crippen molar-refractivity contribution in [1.82, 2.24) is 5.32 Å². The molecule has 5 aromatic carbocycles. The number of thioether (sulfide) groups is 1. The molecular weight excluding hydrogens is 646 g/mol. The van der Waals surface area contributed by atoms with Gasteiger partial charge in [-0.25, -0.2) is 0 Å². The molecule has 2 N–H and O–H groups in total. The summed E-state index contributed by atoms with van der Waals surface area (Å²) in [5, 5.41) is 5.80. The van der Waals surface area contributed by atoms with Crippen LogP contribution in [0.1, 0.15) is 29.3 Å². The van der Waals surface area contributed by atoms with E-state index >= 15 is 0 Å². The van der Waals surface area contributed by atoms with E-state index in [0.717, 1.165) is 26.1 Å². The highest BCUT2D eigenvalue weighted by molar-refractivity contribution is 8.00.